The zero-order valence-electron chi connectivity index (χ0n) is 16.4. The Balaban J connectivity index is 1.43. The van der Waals surface area contributed by atoms with Crippen LogP contribution in [0.1, 0.15) is 84.5 Å². The summed E-state index contributed by atoms with van der Waals surface area (Å²) in [6.07, 6.45) is 7.49. The monoisotopic (exact) mass is 376 g/mol. The van der Waals surface area contributed by atoms with Crippen LogP contribution in [0, 0.1) is 35.5 Å². The van der Waals surface area contributed by atoms with Crippen LogP contribution in [0.5, 0.6) is 0 Å². The first kappa shape index (κ1) is 20.5. The van der Waals surface area contributed by atoms with Crippen molar-refractivity contribution in [3.05, 3.63) is 0 Å². The maximum Gasteiger partial charge on any atom is 0.245 e. The van der Waals surface area contributed by atoms with Crippen molar-refractivity contribution in [2.24, 2.45) is 35.5 Å². The quantitative estimate of drug-likeness (QED) is 0.449. The molecule has 4 heteroatoms. The minimum absolute atomic E-state index is 0.0366. The van der Waals surface area contributed by atoms with Crippen LogP contribution in [0.15, 0.2) is 0 Å². The molecule has 0 radical (unpaired) electrons. The largest absolute Gasteiger partial charge is 0.245 e. The van der Waals surface area contributed by atoms with Crippen molar-refractivity contribution in [2.45, 2.75) is 103 Å². The second kappa shape index (κ2) is 8.39. The van der Waals surface area contributed by atoms with Gasteiger partial charge in [0.05, 0.1) is 0 Å². The lowest BCUT2D eigenvalue weighted by Gasteiger charge is -2.43. The highest BCUT2D eigenvalue weighted by molar-refractivity contribution is 4.92. The summed E-state index contributed by atoms with van der Waals surface area (Å²) >= 11 is 0. The Kier molecular flexibility index (Phi) is 6.60. The molecule has 0 aromatic rings. The van der Waals surface area contributed by atoms with Gasteiger partial charge >= 0.3 is 0 Å². The van der Waals surface area contributed by atoms with E-state index >= 15 is 0 Å². The molecule has 0 spiro atoms. The summed E-state index contributed by atoms with van der Waals surface area (Å²) in [5.74, 6) is -0.879. The molecular formula is C22H36F4. The van der Waals surface area contributed by atoms with E-state index in [0.717, 1.165) is 71.1 Å². The fourth-order valence-corrected chi connectivity index (χ4v) is 6.23. The minimum atomic E-state index is -2.54. The average Bonchev–Trinajstić information content (AvgIpc) is 2.59. The van der Waals surface area contributed by atoms with Gasteiger partial charge in [-0.2, -0.15) is 0 Å². The summed E-state index contributed by atoms with van der Waals surface area (Å²) in [6.45, 7) is 2.86. The molecule has 0 heterocycles. The summed E-state index contributed by atoms with van der Waals surface area (Å²) in [5, 5.41) is 0. The first-order valence-corrected chi connectivity index (χ1v) is 10.9. The Labute approximate surface area is 156 Å². The topological polar surface area (TPSA) is 0 Å². The summed E-state index contributed by atoms with van der Waals surface area (Å²) in [4.78, 5) is 0. The molecule has 0 saturated heterocycles. The lowest BCUT2D eigenvalue weighted by atomic mass is 9.64. The molecule has 3 rings (SSSR count). The predicted octanol–water partition coefficient (Wildman–Crippen LogP) is 7.37. The van der Waals surface area contributed by atoms with Crippen molar-refractivity contribution in [2.75, 3.05) is 0 Å². The number of rotatable bonds is 4. The number of halogens is 4. The third-order valence-corrected chi connectivity index (χ3v) is 7.84. The SMILES string of the molecule is CC1CCC(C2CCC(C3CCC(CC(C)(F)F)CC3)CC2)C(F)C1F. The van der Waals surface area contributed by atoms with Gasteiger partial charge in [-0.1, -0.05) is 6.92 Å². The Bertz CT molecular complexity index is 430. The van der Waals surface area contributed by atoms with Crippen LogP contribution in [0.3, 0.4) is 0 Å². The first-order chi connectivity index (χ1) is 12.2. The molecule has 0 aromatic heterocycles. The van der Waals surface area contributed by atoms with Gasteiger partial charge < -0.3 is 0 Å². The lowest BCUT2D eigenvalue weighted by molar-refractivity contribution is -0.0183. The van der Waals surface area contributed by atoms with Crippen LogP contribution in [0.4, 0.5) is 17.6 Å². The predicted molar refractivity (Wildman–Crippen MR) is 97.8 cm³/mol. The van der Waals surface area contributed by atoms with Crippen molar-refractivity contribution < 1.29 is 17.6 Å². The van der Waals surface area contributed by atoms with Gasteiger partial charge in [0.1, 0.15) is 12.3 Å². The second-order valence-electron chi connectivity index (χ2n) is 9.84. The van der Waals surface area contributed by atoms with E-state index in [4.69, 9.17) is 0 Å². The zero-order valence-corrected chi connectivity index (χ0v) is 16.4. The molecule has 0 N–H and O–H groups in total. The van der Waals surface area contributed by atoms with Crippen LogP contribution in [0.2, 0.25) is 0 Å². The molecule has 4 atom stereocenters. The summed E-state index contributed by atoms with van der Waals surface area (Å²) in [7, 11) is 0. The van der Waals surface area contributed by atoms with Gasteiger partial charge in [-0.05, 0) is 107 Å². The van der Waals surface area contributed by atoms with Crippen LogP contribution >= 0.6 is 0 Å². The summed E-state index contributed by atoms with van der Waals surface area (Å²) < 4.78 is 54.9. The maximum absolute atomic E-state index is 14.5. The van der Waals surface area contributed by atoms with Crippen molar-refractivity contribution in [1.82, 2.24) is 0 Å². The first-order valence-electron chi connectivity index (χ1n) is 10.9. The minimum Gasteiger partial charge on any atom is -0.244 e. The Morgan fingerprint density at radius 3 is 1.73 bits per heavy atom. The third kappa shape index (κ3) is 4.95. The van der Waals surface area contributed by atoms with Crippen LogP contribution in [-0.2, 0) is 0 Å². The molecule has 0 aliphatic heterocycles. The average molecular weight is 377 g/mol. The van der Waals surface area contributed by atoms with Gasteiger partial charge in [-0.25, -0.2) is 17.6 Å². The Morgan fingerprint density at radius 1 is 0.692 bits per heavy atom. The number of alkyl halides is 4. The molecular weight excluding hydrogens is 340 g/mol. The van der Waals surface area contributed by atoms with Crippen LogP contribution in [-0.4, -0.2) is 18.3 Å². The molecule has 3 aliphatic rings. The highest BCUT2D eigenvalue weighted by Gasteiger charge is 2.43. The number of hydrogen-bond acceptors (Lipinski definition) is 0. The van der Waals surface area contributed by atoms with E-state index in [1.165, 1.54) is 0 Å². The van der Waals surface area contributed by atoms with Gasteiger partial charge in [-0.3, -0.25) is 0 Å². The van der Waals surface area contributed by atoms with Crippen LogP contribution in [0.25, 0.3) is 0 Å². The van der Waals surface area contributed by atoms with E-state index in [1.807, 2.05) is 6.92 Å². The smallest absolute Gasteiger partial charge is 0.244 e. The molecule has 0 nitrogen and oxygen atoms in total. The molecule has 0 bridgehead atoms. The molecule has 3 aliphatic carbocycles. The molecule has 0 amide bonds. The highest BCUT2D eigenvalue weighted by Crippen LogP contribution is 2.47. The van der Waals surface area contributed by atoms with E-state index in [1.54, 1.807) is 0 Å². The van der Waals surface area contributed by atoms with E-state index in [2.05, 4.69) is 0 Å². The lowest BCUT2D eigenvalue weighted by Crippen LogP contribution is -2.41. The molecule has 26 heavy (non-hydrogen) atoms. The summed E-state index contributed by atoms with van der Waals surface area (Å²) in [6, 6.07) is 0. The van der Waals surface area contributed by atoms with Gasteiger partial charge in [-0.15, -0.1) is 0 Å². The van der Waals surface area contributed by atoms with Crippen molar-refractivity contribution in [1.29, 1.82) is 0 Å². The second-order valence-corrected chi connectivity index (χ2v) is 9.84. The molecule has 152 valence electrons. The van der Waals surface area contributed by atoms with Crippen molar-refractivity contribution in [3.8, 4) is 0 Å². The fraction of sp³-hybridized carbons (Fsp3) is 1.00. The van der Waals surface area contributed by atoms with Gasteiger partial charge in [0.2, 0.25) is 5.92 Å². The van der Waals surface area contributed by atoms with Crippen molar-refractivity contribution in [3.63, 3.8) is 0 Å². The van der Waals surface area contributed by atoms with E-state index < -0.39 is 18.3 Å². The third-order valence-electron chi connectivity index (χ3n) is 7.84. The molecule has 3 fully saturated rings. The van der Waals surface area contributed by atoms with Crippen molar-refractivity contribution >= 4 is 0 Å². The van der Waals surface area contributed by atoms with Gasteiger partial charge in [0, 0.05) is 6.42 Å². The standard InChI is InChI=1S/C22H36F4/c1-14-3-12-19(21(24)20(14)23)18-10-8-17(9-11-18)16-6-4-15(5-7-16)13-22(2,25)26/h14-21H,3-13H2,1-2H3. The van der Waals surface area contributed by atoms with E-state index in [0.29, 0.717) is 17.8 Å². The fourth-order valence-electron chi connectivity index (χ4n) is 6.23. The van der Waals surface area contributed by atoms with Crippen LogP contribution < -0.4 is 0 Å². The Hall–Kier alpha value is -0.280. The normalized spacial score (nSPS) is 45.5. The molecule has 3 saturated carbocycles. The summed E-state index contributed by atoms with van der Waals surface area (Å²) in [5.41, 5.74) is 0. The highest BCUT2D eigenvalue weighted by atomic mass is 19.3. The van der Waals surface area contributed by atoms with E-state index in [9.17, 15) is 17.6 Å². The van der Waals surface area contributed by atoms with Gasteiger partial charge in [0.15, 0.2) is 0 Å². The van der Waals surface area contributed by atoms with Gasteiger partial charge in [0.25, 0.3) is 0 Å². The Morgan fingerprint density at radius 2 is 1.19 bits per heavy atom. The molecule has 4 unspecified atom stereocenters. The zero-order chi connectivity index (χ0) is 18.9. The molecule has 0 aromatic carbocycles. The maximum atomic E-state index is 14.5. The van der Waals surface area contributed by atoms with E-state index in [-0.39, 0.29) is 24.2 Å². The number of hydrogen-bond donors (Lipinski definition) is 0.